The first-order valence-electron chi connectivity index (χ1n) is 6.05. The Labute approximate surface area is 90.7 Å². The zero-order chi connectivity index (χ0) is 10.1. The van der Waals surface area contributed by atoms with Crippen molar-refractivity contribution in [2.75, 3.05) is 32.9 Å². The van der Waals surface area contributed by atoms with Gasteiger partial charge in [0.1, 0.15) is 0 Å². The molecule has 0 bridgehead atoms. The highest BCUT2D eigenvalue weighted by Gasteiger charge is 2.45. The molecule has 0 aromatic rings. The van der Waals surface area contributed by atoms with Gasteiger partial charge in [-0.15, -0.1) is 0 Å². The monoisotopic (exact) mass is 212 g/mol. The topological polar surface area (TPSA) is 42.5 Å². The molecule has 2 N–H and O–H groups in total. The summed E-state index contributed by atoms with van der Waals surface area (Å²) in [5, 5.41) is 7.00. The third-order valence-corrected chi connectivity index (χ3v) is 3.80. The van der Waals surface area contributed by atoms with Crippen molar-refractivity contribution in [2.45, 2.75) is 36.9 Å². The molecule has 3 heterocycles. The van der Waals surface area contributed by atoms with Crippen molar-refractivity contribution >= 4 is 0 Å². The molecule has 3 fully saturated rings. The molecular weight excluding hydrogens is 192 g/mol. The molecule has 3 aliphatic heterocycles. The van der Waals surface area contributed by atoms with Crippen LogP contribution in [-0.4, -0.2) is 50.6 Å². The Kier molecular flexibility index (Phi) is 2.68. The predicted octanol–water partition coefficient (Wildman–Crippen LogP) is -0.114. The first-order valence-corrected chi connectivity index (χ1v) is 6.05. The lowest BCUT2D eigenvalue weighted by Gasteiger charge is -2.38. The molecule has 0 saturated carbocycles. The maximum Gasteiger partial charge on any atom is 0.0946 e. The summed E-state index contributed by atoms with van der Waals surface area (Å²) in [5.74, 6) is 0. The fourth-order valence-electron chi connectivity index (χ4n) is 2.80. The van der Waals surface area contributed by atoms with E-state index in [4.69, 9.17) is 9.47 Å². The molecule has 1 atom stereocenters. The molecule has 0 aromatic carbocycles. The van der Waals surface area contributed by atoms with Crippen molar-refractivity contribution in [2.24, 2.45) is 0 Å². The summed E-state index contributed by atoms with van der Waals surface area (Å²) in [6.07, 6.45) is 3.49. The van der Waals surface area contributed by atoms with Crippen molar-refractivity contribution < 1.29 is 9.47 Å². The van der Waals surface area contributed by atoms with Gasteiger partial charge in [-0.25, -0.2) is 0 Å². The zero-order valence-electron chi connectivity index (χ0n) is 9.13. The van der Waals surface area contributed by atoms with Crippen LogP contribution >= 0.6 is 0 Å². The van der Waals surface area contributed by atoms with Crippen molar-refractivity contribution in [3.63, 3.8) is 0 Å². The van der Waals surface area contributed by atoms with E-state index in [1.807, 2.05) is 0 Å². The van der Waals surface area contributed by atoms with Crippen molar-refractivity contribution in [1.82, 2.24) is 10.6 Å². The van der Waals surface area contributed by atoms with Gasteiger partial charge in [-0.2, -0.15) is 0 Å². The van der Waals surface area contributed by atoms with Crippen LogP contribution in [0.1, 0.15) is 19.3 Å². The molecule has 3 rings (SSSR count). The molecule has 3 saturated heterocycles. The maximum atomic E-state index is 5.87. The smallest absolute Gasteiger partial charge is 0.0946 e. The van der Waals surface area contributed by atoms with Crippen LogP contribution in [0.4, 0.5) is 0 Å². The number of ether oxygens (including phenoxy) is 2. The molecule has 1 spiro atoms. The van der Waals surface area contributed by atoms with Crippen molar-refractivity contribution in [3.8, 4) is 0 Å². The maximum absolute atomic E-state index is 5.87. The zero-order valence-corrected chi connectivity index (χ0v) is 9.13. The van der Waals surface area contributed by atoms with Crippen molar-refractivity contribution in [1.29, 1.82) is 0 Å². The average molecular weight is 212 g/mol. The molecule has 86 valence electrons. The summed E-state index contributed by atoms with van der Waals surface area (Å²) in [6, 6.07) is 1.21. The second-order valence-electron chi connectivity index (χ2n) is 5.05. The van der Waals surface area contributed by atoms with Crippen LogP contribution in [0.2, 0.25) is 0 Å². The summed E-state index contributed by atoms with van der Waals surface area (Å²) in [6.45, 7) is 4.80. The van der Waals surface area contributed by atoms with Gasteiger partial charge >= 0.3 is 0 Å². The molecule has 4 heteroatoms. The lowest BCUT2D eigenvalue weighted by molar-refractivity contribution is -0.0361. The summed E-state index contributed by atoms with van der Waals surface area (Å²) in [4.78, 5) is 0. The van der Waals surface area contributed by atoms with E-state index in [1.165, 1.54) is 6.42 Å². The van der Waals surface area contributed by atoms with Crippen LogP contribution in [0.15, 0.2) is 0 Å². The molecular formula is C11H20N2O2. The third-order valence-electron chi connectivity index (χ3n) is 3.80. The molecule has 3 aliphatic rings. The Morgan fingerprint density at radius 2 is 1.93 bits per heavy atom. The van der Waals surface area contributed by atoms with E-state index >= 15 is 0 Å². The highest BCUT2D eigenvalue weighted by atomic mass is 16.5. The van der Waals surface area contributed by atoms with E-state index in [0.717, 1.165) is 45.8 Å². The van der Waals surface area contributed by atoms with Gasteiger partial charge in [-0.05, 0) is 19.3 Å². The molecule has 4 nitrogen and oxygen atoms in total. The molecule has 0 radical (unpaired) electrons. The second-order valence-corrected chi connectivity index (χ2v) is 5.05. The van der Waals surface area contributed by atoms with Gasteiger partial charge in [-0.1, -0.05) is 0 Å². The quantitative estimate of drug-likeness (QED) is 0.670. The predicted molar refractivity (Wildman–Crippen MR) is 56.9 cm³/mol. The number of rotatable bonds is 2. The first kappa shape index (κ1) is 10.0. The number of hydrogen-bond acceptors (Lipinski definition) is 4. The first-order chi connectivity index (χ1) is 7.36. The van der Waals surface area contributed by atoms with Gasteiger partial charge < -0.3 is 20.1 Å². The average Bonchev–Trinajstić information content (AvgIpc) is 2.63. The van der Waals surface area contributed by atoms with Gasteiger partial charge in [0.15, 0.2) is 0 Å². The summed E-state index contributed by atoms with van der Waals surface area (Å²) in [5.41, 5.74) is 0.183. The molecule has 1 unspecified atom stereocenters. The standard InChI is InChI=1S/C11H20N2O2/c1-3-14-4-2-9(1)13-10-5-11(15-6-10)7-12-8-11/h9-10,12-13H,1-8H2. The van der Waals surface area contributed by atoms with E-state index in [9.17, 15) is 0 Å². The van der Waals surface area contributed by atoms with E-state index < -0.39 is 0 Å². The second kappa shape index (κ2) is 4.01. The Morgan fingerprint density at radius 1 is 1.13 bits per heavy atom. The molecule has 0 aromatic heterocycles. The third kappa shape index (κ3) is 2.04. The van der Waals surface area contributed by atoms with Crippen LogP contribution in [0.3, 0.4) is 0 Å². The lowest BCUT2D eigenvalue weighted by Crippen LogP contribution is -2.59. The Hall–Kier alpha value is -0.160. The van der Waals surface area contributed by atoms with Gasteiger partial charge in [0.25, 0.3) is 0 Å². The van der Waals surface area contributed by atoms with Gasteiger partial charge in [-0.3, -0.25) is 0 Å². The fraction of sp³-hybridized carbons (Fsp3) is 1.00. The van der Waals surface area contributed by atoms with Crippen LogP contribution < -0.4 is 10.6 Å². The van der Waals surface area contributed by atoms with E-state index in [0.29, 0.717) is 12.1 Å². The SMILES string of the molecule is C1CC(NC2COC3(CNC3)C2)CCO1. The Morgan fingerprint density at radius 3 is 2.53 bits per heavy atom. The fourth-order valence-corrected chi connectivity index (χ4v) is 2.80. The Bertz CT molecular complexity index is 225. The highest BCUT2D eigenvalue weighted by Crippen LogP contribution is 2.29. The van der Waals surface area contributed by atoms with Crippen molar-refractivity contribution in [3.05, 3.63) is 0 Å². The minimum Gasteiger partial charge on any atom is -0.381 e. The molecule has 0 amide bonds. The summed E-state index contributed by atoms with van der Waals surface area (Å²) in [7, 11) is 0. The molecule has 15 heavy (non-hydrogen) atoms. The highest BCUT2D eigenvalue weighted by molar-refractivity contribution is 5.02. The van der Waals surface area contributed by atoms with E-state index in [2.05, 4.69) is 10.6 Å². The number of nitrogens with one attached hydrogen (secondary N) is 2. The van der Waals surface area contributed by atoms with E-state index in [1.54, 1.807) is 0 Å². The van der Waals surface area contributed by atoms with Crippen LogP contribution in [0.5, 0.6) is 0 Å². The normalized spacial score (nSPS) is 35.6. The van der Waals surface area contributed by atoms with Crippen LogP contribution in [-0.2, 0) is 9.47 Å². The van der Waals surface area contributed by atoms with Gasteiger partial charge in [0, 0.05) is 38.4 Å². The summed E-state index contributed by atoms with van der Waals surface area (Å²) < 4.78 is 11.2. The minimum atomic E-state index is 0.183. The van der Waals surface area contributed by atoms with E-state index in [-0.39, 0.29) is 5.60 Å². The largest absolute Gasteiger partial charge is 0.381 e. The summed E-state index contributed by atoms with van der Waals surface area (Å²) >= 11 is 0. The minimum absolute atomic E-state index is 0.183. The van der Waals surface area contributed by atoms with Gasteiger partial charge in [0.2, 0.25) is 0 Å². The van der Waals surface area contributed by atoms with Crippen LogP contribution in [0.25, 0.3) is 0 Å². The Balaban J connectivity index is 1.47. The number of hydrogen-bond donors (Lipinski definition) is 2. The lowest BCUT2D eigenvalue weighted by atomic mass is 9.91. The van der Waals surface area contributed by atoms with Gasteiger partial charge in [0.05, 0.1) is 12.2 Å². The molecule has 0 aliphatic carbocycles. The van der Waals surface area contributed by atoms with Crippen LogP contribution in [0, 0.1) is 0 Å².